The highest BCUT2D eigenvalue weighted by Gasteiger charge is 2.43. The second kappa shape index (κ2) is 6.48. The number of benzene rings is 1. The molecule has 0 heterocycles. The molecular formula is C11H10F7NO2. The summed E-state index contributed by atoms with van der Waals surface area (Å²) >= 11 is 0. The molecule has 0 bridgehead atoms. The highest BCUT2D eigenvalue weighted by Crippen LogP contribution is 2.39. The van der Waals surface area contributed by atoms with Crippen LogP contribution in [-0.4, -0.2) is 36.5 Å². The molecule has 0 spiro atoms. The Labute approximate surface area is 114 Å². The van der Waals surface area contributed by atoms with Gasteiger partial charge in [0.1, 0.15) is 11.3 Å². The standard InChI is InChI=1S/C11H10F7NO2/c12-6-5(11(16,17)18)7(13)9(15)10(8(6)14)19(1-3-20)2-4-21/h20-21H,1-4H2. The van der Waals surface area contributed by atoms with Crippen molar-refractivity contribution in [3.05, 3.63) is 28.8 Å². The van der Waals surface area contributed by atoms with Crippen LogP contribution in [0.15, 0.2) is 0 Å². The van der Waals surface area contributed by atoms with Crippen molar-refractivity contribution in [1.29, 1.82) is 0 Å². The van der Waals surface area contributed by atoms with Crippen LogP contribution in [0.25, 0.3) is 0 Å². The average molecular weight is 321 g/mol. The lowest BCUT2D eigenvalue weighted by atomic mass is 10.1. The summed E-state index contributed by atoms with van der Waals surface area (Å²) in [4.78, 5) is 0.497. The Morgan fingerprint density at radius 1 is 0.762 bits per heavy atom. The normalized spacial score (nSPS) is 11.9. The predicted octanol–water partition coefficient (Wildman–Crippen LogP) is 2.05. The van der Waals surface area contributed by atoms with Gasteiger partial charge in [-0.3, -0.25) is 0 Å². The molecule has 0 amide bonds. The van der Waals surface area contributed by atoms with Gasteiger partial charge in [0.25, 0.3) is 0 Å². The van der Waals surface area contributed by atoms with Crippen molar-refractivity contribution in [1.82, 2.24) is 0 Å². The maximum Gasteiger partial charge on any atom is 0.422 e. The lowest BCUT2D eigenvalue weighted by molar-refractivity contribution is -0.143. The Kier molecular flexibility index (Phi) is 5.40. The van der Waals surface area contributed by atoms with Crippen molar-refractivity contribution in [2.45, 2.75) is 6.18 Å². The molecular weight excluding hydrogens is 311 g/mol. The Bertz CT molecular complexity index is 483. The van der Waals surface area contributed by atoms with Gasteiger partial charge in [-0.2, -0.15) is 13.2 Å². The largest absolute Gasteiger partial charge is 0.422 e. The molecule has 0 fully saturated rings. The van der Waals surface area contributed by atoms with Crippen molar-refractivity contribution in [3.8, 4) is 0 Å². The summed E-state index contributed by atoms with van der Waals surface area (Å²) < 4.78 is 91.2. The van der Waals surface area contributed by atoms with E-state index in [9.17, 15) is 30.7 Å². The molecule has 2 N–H and O–H groups in total. The quantitative estimate of drug-likeness (QED) is 0.644. The smallest absolute Gasteiger partial charge is 0.395 e. The summed E-state index contributed by atoms with van der Waals surface area (Å²) in [6, 6.07) is 0. The number of rotatable bonds is 5. The third-order valence-electron chi connectivity index (χ3n) is 2.58. The number of nitrogens with zero attached hydrogens (tertiary/aromatic N) is 1. The molecule has 0 aliphatic heterocycles. The van der Waals surface area contributed by atoms with Gasteiger partial charge in [-0.05, 0) is 0 Å². The van der Waals surface area contributed by atoms with Gasteiger partial charge in [0.2, 0.25) is 0 Å². The van der Waals surface area contributed by atoms with Crippen LogP contribution < -0.4 is 4.90 Å². The summed E-state index contributed by atoms with van der Waals surface area (Å²) in [5.74, 6) is -9.67. The summed E-state index contributed by atoms with van der Waals surface area (Å²) in [6.45, 7) is -2.50. The van der Waals surface area contributed by atoms with E-state index in [2.05, 4.69) is 0 Å². The van der Waals surface area contributed by atoms with Crippen LogP contribution in [0.4, 0.5) is 36.4 Å². The van der Waals surface area contributed by atoms with Crippen LogP contribution in [0.2, 0.25) is 0 Å². The Balaban J connectivity index is 3.56. The van der Waals surface area contributed by atoms with E-state index in [1.165, 1.54) is 0 Å². The molecule has 3 nitrogen and oxygen atoms in total. The van der Waals surface area contributed by atoms with Crippen LogP contribution in [0.3, 0.4) is 0 Å². The maximum absolute atomic E-state index is 13.6. The Morgan fingerprint density at radius 2 is 1.14 bits per heavy atom. The van der Waals surface area contributed by atoms with Crippen molar-refractivity contribution in [2.24, 2.45) is 0 Å². The Hall–Kier alpha value is -1.55. The Morgan fingerprint density at radius 3 is 1.43 bits per heavy atom. The van der Waals surface area contributed by atoms with Crippen LogP contribution in [0.5, 0.6) is 0 Å². The lowest BCUT2D eigenvalue weighted by Gasteiger charge is -2.25. The number of alkyl halides is 3. The number of anilines is 1. The summed E-state index contributed by atoms with van der Waals surface area (Å²) in [6.07, 6.45) is -5.62. The first-order valence-corrected chi connectivity index (χ1v) is 5.56. The van der Waals surface area contributed by atoms with E-state index in [1.807, 2.05) is 0 Å². The lowest BCUT2D eigenvalue weighted by Crippen LogP contribution is -2.32. The fourth-order valence-electron chi connectivity index (χ4n) is 1.72. The highest BCUT2D eigenvalue weighted by molar-refractivity contribution is 5.52. The van der Waals surface area contributed by atoms with Gasteiger partial charge in [0, 0.05) is 13.1 Å². The molecule has 0 atom stereocenters. The van der Waals surface area contributed by atoms with Crippen LogP contribution in [-0.2, 0) is 6.18 Å². The van der Waals surface area contributed by atoms with Gasteiger partial charge in [0.15, 0.2) is 23.3 Å². The zero-order chi connectivity index (χ0) is 16.4. The SMILES string of the molecule is OCCN(CCO)c1c(F)c(F)c(C(F)(F)F)c(F)c1F. The summed E-state index contributed by atoms with van der Waals surface area (Å²) in [7, 11) is 0. The number of halogens is 7. The molecule has 21 heavy (non-hydrogen) atoms. The molecule has 120 valence electrons. The van der Waals surface area contributed by atoms with E-state index in [1.54, 1.807) is 0 Å². The van der Waals surface area contributed by atoms with Gasteiger partial charge in [-0.1, -0.05) is 0 Å². The number of aliphatic hydroxyl groups is 2. The molecule has 1 aromatic carbocycles. The van der Waals surface area contributed by atoms with Gasteiger partial charge in [0.05, 0.1) is 13.2 Å². The minimum absolute atomic E-state index is 0.497. The maximum atomic E-state index is 13.6. The predicted molar refractivity (Wildman–Crippen MR) is 57.7 cm³/mol. The molecule has 0 aromatic heterocycles. The number of hydrogen-bond donors (Lipinski definition) is 2. The van der Waals surface area contributed by atoms with Gasteiger partial charge < -0.3 is 15.1 Å². The van der Waals surface area contributed by atoms with E-state index in [-0.39, 0.29) is 0 Å². The van der Waals surface area contributed by atoms with Crippen molar-refractivity contribution < 1.29 is 40.9 Å². The first-order chi connectivity index (χ1) is 9.66. The monoisotopic (exact) mass is 321 g/mol. The first-order valence-electron chi connectivity index (χ1n) is 5.56. The van der Waals surface area contributed by atoms with Crippen molar-refractivity contribution in [2.75, 3.05) is 31.2 Å². The van der Waals surface area contributed by atoms with E-state index in [4.69, 9.17) is 10.2 Å². The van der Waals surface area contributed by atoms with Crippen molar-refractivity contribution >= 4 is 5.69 Å². The molecule has 1 aromatic rings. The van der Waals surface area contributed by atoms with Crippen LogP contribution in [0, 0.1) is 23.3 Å². The fourth-order valence-corrected chi connectivity index (χ4v) is 1.72. The molecule has 0 aliphatic carbocycles. The molecule has 0 radical (unpaired) electrons. The second-order valence-corrected chi connectivity index (χ2v) is 3.91. The molecule has 0 saturated heterocycles. The third-order valence-corrected chi connectivity index (χ3v) is 2.58. The molecule has 10 heteroatoms. The number of hydrogen-bond acceptors (Lipinski definition) is 3. The average Bonchev–Trinajstić information content (AvgIpc) is 2.36. The van der Waals surface area contributed by atoms with Gasteiger partial charge >= 0.3 is 6.18 Å². The van der Waals surface area contributed by atoms with E-state index in [0.29, 0.717) is 4.90 Å². The fraction of sp³-hybridized carbons (Fsp3) is 0.455. The number of aliphatic hydroxyl groups excluding tert-OH is 2. The van der Waals surface area contributed by atoms with Crippen LogP contribution >= 0.6 is 0 Å². The van der Waals surface area contributed by atoms with Crippen LogP contribution in [0.1, 0.15) is 5.56 Å². The second-order valence-electron chi connectivity index (χ2n) is 3.91. The van der Waals surface area contributed by atoms with E-state index < -0.39 is 67.0 Å². The van der Waals surface area contributed by atoms with Gasteiger partial charge in [-0.15, -0.1) is 0 Å². The third kappa shape index (κ3) is 3.38. The molecule has 1 rings (SSSR count). The minimum Gasteiger partial charge on any atom is -0.395 e. The molecule has 0 aliphatic rings. The molecule has 0 unspecified atom stereocenters. The summed E-state index contributed by atoms with van der Waals surface area (Å²) in [5, 5.41) is 17.4. The van der Waals surface area contributed by atoms with E-state index in [0.717, 1.165) is 0 Å². The first kappa shape index (κ1) is 17.5. The zero-order valence-electron chi connectivity index (χ0n) is 10.3. The van der Waals surface area contributed by atoms with Gasteiger partial charge in [-0.25, -0.2) is 17.6 Å². The summed E-state index contributed by atoms with van der Waals surface area (Å²) in [5.41, 5.74) is -4.09. The molecule has 0 saturated carbocycles. The van der Waals surface area contributed by atoms with E-state index >= 15 is 0 Å². The highest BCUT2D eigenvalue weighted by atomic mass is 19.4. The van der Waals surface area contributed by atoms with Crippen molar-refractivity contribution in [3.63, 3.8) is 0 Å². The zero-order valence-corrected chi connectivity index (χ0v) is 10.3. The topological polar surface area (TPSA) is 43.7 Å². The minimum atomic E-state index is -5.62.